The Morgan fingerprint density at radius 2 is 1.38 bits per heavy atom. The molecule has 0 bridgehead atoms. The molecule has 4 heteroatoms. The molecule has 24 heavy (non-hydrogen) atoms. The van der Waals surface area contributed by atoms with Crippen molar-refractivity contribution in [2.45, 2.75) is 33.1 Å². The highest BCUT2D eigenvalue weighted by Crippen LogP contribution is 2.34. The van der Waals surface area contributed by atoms with Crippen LogP contribution in [0.5, 0.6) is 0 Å². The number of hydrogen-bond donors (Lipinski definition) is 0. The molecule has 0 saturated heterocycles. The van der Waals surface area contributed by atoms with Gasteiger partial charge in [-0.3, -0.25) is 0 Å². The normalized spacial score (nSPS) is 11.0. The van der Waals surface area contributed by atoms with Crippen LogP contribution in [0.1, 0.15) is 33.3 Å². The number of rotatable bonds is 8. The minimum atomic E-state index is -0.641. The number of hydrogen-bond acceptors (Lipinski definition) is 4. The Morgan fingerprint density at radius 3 is 1.71 bits per heavy atom. The monoisotopic (exact) mass is 330 g/mol. The van der Waals surface area contributed by atoms with Crippen LogP contribution < -0.4 is 0 Å². The molecule has 0 aliphatic rings. The van der Waals surface area contributed by atoms with Gasteiger partial charge in [-0.05, 0) is 25.3 Å². The first-order valence-corrected chi connectivity index (χ1v) is 7.91. The number of benzene rings is 1. The van der Waals surface area contributed by atoms with E-state index in [1.165, 1.54) is 0 Å². The Labute approximate surface area is 144 Å². The fourth-order valence-electron chi connectivity index (χ4n) is 2.28. The largest absolute Gasteiger partial charge is 0.461 e. The van der Waals surface area contributed by atoms with Crippen LogP contribution in [0.25, 0.3) is 0 Å². The van der Waals surface area contributed by atoms with Crippen molar-refractivity contribution in [3.05, 3.63) is 60.2 Å². The van der Waals surface area contributed by atoms with Crippen molar-refractivity contribution in [2.75, 3.05) is 13.2 Å². The highest BCUT2D eigenvalue weighted by atomic mass is 16.5. The molecule has 0 aliphatic heterocycles. The summed E-state index contributed by atoms with van der Waals surface area (Å²) < 4.78 is 10.9. The molecule has 0 unspecified atom stereocenters. The van der Waals surface area contributed by atoms with Gasteiger partial charge in [-0.2, -0.15) is 0 Å². The van der Waals surface area contributed by atoms with Crippen LogP contribution in [0.4, 0.5) is 0 Å². The van der Waals surface area contributed by atoms with Crippen LogP contribution in [0.15, 0.2) is 54.6 Å². The first-order chi connectivity index (χ1) is 11.2. The fourth-order valence-corrected chi connectivity index (χ4v) is 2.28. The van der Waals surface area contributed by atoms with E-state index in [2.05, 4.69) is 13.2 Å². The van der Waals surface area contributed by atoms with E-state index >= 15 is 0 Å². The fraction of sp³-hybridized carbons (Fsp3) is 0.400. The van der Waals surface area contributed by atoms with Gasteiger partial charge in [0.1, 0.15) is 13.2 Å². The molecule has 0 fully saturated rings. The van der Waals surface area contributed by atoms with Crippen LogP contribution in [0, 0.1) is 5.92 Å². The number of esters is 2. The summed E-state index contributed by atoms with van der Waals surface area (Å²) in [4.78, 5) is 23.7. The molecule has 1 aromatic carbocycles. The first-order valence-electron chi connectivity index (χ1n) is 7.91. The standard InChI is InChI=1S/C20H26O4/c1-14(2)18(21)23-12-20(16(5)6,13-24-19(22)15(3)4)17-10-8-7-9-11-17/h7-11,16H,1,3,12-13H2,2,4-6H3. The highest BCUT2D eigenvalue weighted by Gasteiger charge is 2.39. The van der Waals surface area contributed by atoms with E-state index < -0.39 is 17.4 Å². The molecule has 4 nitrogen and oxygen atoms in total. The van der Waals surface area contributed by atoms with Crippen molar-refractivity contribution in [3.8, 4) is 0 Å². The zero-order valence-corrected chi connectivity index (χ0v) is 14.9. The molecule has 0 spiro atoms. The maximum atomic E-state index is 11.8. The van der Waals surface area contributed by atoms with Gasteiger partial charge >= 0.3 is 11.9 Å². The molecule has 130 valence electrons. The van der Waals surface area contributed by atoms with Crippen molar-refractivity contribution in [3.63, 3.8) is 0 Å². The number of carbonyl (C=O) groups is 2. The summed E-state index contributed by atoms with van der Waals surface area (Å²) in [5.74, 6) is -0.847. The Morgan fingerprint density at radius 1 is 0.958 bits per heavy atom. The smallest absolute Gasteiger partial charge is 0.333 e. The minimum absolute atomic E-state index is 0.0655. The summed E-state index contributed by atoms with van der Waals surface area (Å²) in [6, 6.07) is 9.63. The van der Waals surface area contributed by atoms with E-state index in [0.717, 1.165) is 5.56 Å². The van der Waals surface area contributed by atoms with Gasteiger partial charge in [0.05, 0.1) is 5.41 Å². The van der Waals surface area contributed by atoms with Gasteiger partial charge < -0.3 is 9.47 Å². The van der Waals surface area contributed by atoms with E-state index in [1.54, 1.807) is 13.8 Å². The zero-order chi connectivity index (χ0) is 18.3. The van der Waals surface area contributed by atoms with Gasteiger partial charge in [-0.1, -0.05) is 57.3 Å². The predicted octanol–water partition coefficient (Wildman–Crippen LogP) is 3.82. The average molecular weight is 330 g/mol. The quantitative estimate of drug-likeness (QED) is 0.537. The van der Waals surface area contributed by atoms with Gasteiger partial charge in [0, 0.05) is 11.1 Å². The Kier molecular flexibility index (Phi) is 6.96. The Balaban J connectivity index is 3.15. The zero-order valence-electron chi connectivity index (χ0n) is 14.9. The second kappa shape index (κ2) is 8.48. The van der Waals surface area contributed by atoms with Gasteiger partial charge in [-0.25, -0.2) is 9.59 Å². The summed E-state index contributed by atoms with van der Waals surface area (Å²) in [6.07, 6.45) is 0. The van der Waals surface area contributed by atoms with Gasteiger partial charge in [0.15, 0.2) is 0 Å². The first kappa shape index (κ1) is 19.7. The Hall–Kier alpha value is -2.36. The van der Waals surface area contributed by atoms with E-state index in [-0.39, 0.29) is 19.1 Å². The number of ether oxygens (including phenoxy) is 2. The number of carbonyl (C=O) groups excluding carboxylic acids is 2. The van der Waals surface area contributed by atoms with Crippen LogP contribution in [-0.2, 0) is 24.5 Å². The lowest BCUT2D eigenvalue weighted by Gasteiger charge is -2.37. The molecular weight excluding hydrogens is 304 g/mol. The third-order valence-electron chi connectivity index (χ3n) is 4.07. The van der Waals surface area contributed by atoms with Gasteiger partial charge in [-0.15, -0.1) is 0 Å². The van der Waals surface area contributed by atoms with Crippen LogP contribution in [-0.4, -0.2) is 25.2 Å². The second-order valence-electron chi connectivity index (χ2n) is 6.39. The average Bonchev–Trinajstić information content (AvgIpc) is 2.54. The lowest BCUT2D eigenvalue weighted by molar-refractivity contribution is -0.147. The minimum Gasteiger partial charge on any atom is -0.461 e. The predicted molar refractivity (Wildman–Crippen MR) is 94.5 cm³/mol. The summed E-state index contributed by atoms with van der Waals surface area (Å²) in [5, 5.41) is 0. The van der Waals surface area contributed by atoms with E-state index in [4.69, 9.17) is 9.47 Å². The summed E-state index contributed by atoms with van der Waals surface area (Å²) in [5.41, 5.74) is 0.973. The summed E-state index contributed by atoms with van der Waals surface area (Å²) in [7, 11) is 0. The lowest BCUT2D eigenvalue weighted by Crippen LogP contribution is -2.43. The maximum absolute atomic E-state index is 11.8. The highest BCUT2D eigenvalue weighted by molar-refractivity contribution is 5.87. The van der Waals surface area contributed by atoms with Crippen LogP contribution in [0.3, 0.4) is 0 Å². The summed E-state index contributed by atoms with van der Waals surface area (Å²) in [6.45, 7) is 14.6. The van der Waals surface area contributed by atoms with E-state index in [9.17, 15) is 9.59 Å². The molecule has 0 N–H and O–H groups in total. The van der Waals surface area contributed by atoms with Crippen molar-refractivity contribution in [1.82, 2.24) is 0 Å². The van der Waals surface area contributed by atoms with E-state index in [0.29, 0.717) is 11.1 Å². The molecule has 0 atom stereocenters. The van der Waals surface area contributed by atoms with Gasteiger partial charge in [0.25, 0.3) is 0 Å². The SMILES string of the molecule is C=C(C)C(=O)OCC(COC(=O)C(=C)C)(c1ccccc1)C(C)C. The van der Waals surface area contributed by atoms with Gasteiger partial charge in [0.2, 0.25) is 0 Å². The van der Waals surface area contributed by atoms with Crippen molar-refractivity contribution >= 4 is 11.9 Å². The molecule has 0 aromatic heterocycles. The Bertz CT molecular complexity index is 584. The molecule has 0 saturated carbocycles. The van der Waals surface area contributed by atoms with Crippen LogP contribution >= 0.6 is 0 Å². The molecule has 0 radical (unpaired) electrons. The molecule has 0 heterocycles. The van der Waals surface area contributed by atoms with Crippen molar-refractivity contribution < 1.29 is 19.1 Å². The van der Waals surface area contributed by atoms with Crippen molar-refractivity contribution in [1.29, 1.82) is 0 Å². The molecule has 1 aromatic rings. The third kappa shape index (κ3) is 4.82. The summed E-state index contributed by atoms with van der Waals surface area (Å²) >= 11 is 0. The second-order valence-corrected chi connectivity index (χ2v) is 6.39. The molecule has 1 rings (SSSR count). The maximum Gasteiger partial charge on any atom is 0.333 e. The topological polar surface area (TPSA) is 52.6 Å². The molecule has 0 aliphatic carbocycles. The molecule has 0 amide bonds. The van der Waals surface area contributed by atoms with Crippen LogP contribution in [0.2, 0.25) is 0 Å². The molecular formula is C20H26O4. The lowest BCUT2D eigenvalue weighted by atomic mass is 9.73. The third-order valence-corrected chi connectivity index (χ3v) is 4.07. The van der Waals surface area contributed by atoms with E-state index in [1.807, 2.05) is 44.2 Å². The van der Waals surface area contributed by atoms with Crippen molar-refractivity contribution in [2.24, 2.45) is 5.92 Å².